The zero-order valence-electron chi connectivity index (χ0n) is 13.8. The number of aryl methyl sites for hydroxylation is 1. The first-order valence-corrected chi connectivity index (χ1v) is 8.73. The molecule has 21 heavy (non-hydrogen) atoms. The molecular weight excluding hydrogens is 286 g/mol. The van der Waals surface area contributed by atoms with Crippen LogP contribution >= 0.6 is 0 Å². The van der Waals surface area contributed by atoms with Gasteiger partial charge in [-0.05, 0) is 31.9 Å². The van der Waals surface area contributed by atoms with Gasteiger partial charge in [-0.2, -0.15) is 8.42 Å². The van der Waals surface area contributed by atoms with Gasteiger partial charge in [-0.3, -0.25) is 4.18 Å². The highest BCUT2D eigenvalue weighted by Crippen LogP contribution is 2.27. The molecule has 0 aliphatic heterocycles. The zero-order valence-corrected chi connectivity index (χ0v) is 14.6. The summed E-state index contributed by atoms with van der Waals surface area (Å²) in [5.41, 5.74) is 0.232. The molecular formula is C16H27NO3S. The average Bonchev–Trinajstić information content (AvgIpc) is 2.36. The minimum atomic E-state index is -3.77. The summed E-state index contributed by atoms with van der Waals surface area (Å²) >= 11 is 0. The lowest BCUT2D eigenvalue weighted by molar-refractivity contribution is 0.0458. The SMILES string of the molecule is Cc1ccc(S(=O)(=O)OC(C)(CNC(C)C)C(C)C)cc1. The standard InChI is InChI=1S/C16H27NO3S/c1-12(2)16(6,11-17-13(3)4)20-21(18,19)15-9-7-14(5)8-10-15/h7-10,12-13,17H,11H2,1-6H3. The molecule has 0 saturated carbocycles. The molecule has 5 heteroatoms. The van der Waals surface area contributed by atoms with Crippen molar-refractivity contribution in [2.45, 2.75) is 58.1 Å². The molecule has 1 aromatic carbocycles. The van der Waals surface area contributed by atoms with E-state index in [9.17, 15) is 8.42 Å². The van der Waals surface area contributed by atoms with Crippen molar-refractivity contribution >= 4 is 10.1 Å². The van der Waals surface area contributed by atoms with Crippen molar-refractivity contribution in [3.8, 4) is 0 Å². The van der Waals surface area contributed by atoms with Gasteiger partial charge in [0.05, 0.1) is 10.5 Å². The fourth-order valence-electron chi connectivity index (χ4n) is 1.74. The van der Waals surface area contributed by atoms with Crippen LogP contribution in [0.25, 0.3) is 0 Å². The van der Waals surface area contributed by atoms with Crippen LogP contribution in [0.15, 0.2) is 29.2 Å². The van der Waals surface area contributed by atoms with Crippen LogP contribution in [0, 0.1) is 12.8 Å². The van der Waals surface area contributed by atoms with E-state index in [2.05, 4.69) is 5.32 Å². The van der Waals surface area contributed by atoms with Gasteiger partial charge < -0.3 is 5.32 Å². The van der Waals surface area contributed by atoms with Crippen LogP contribution in [0.2, 0.25) is 0 Å². The molecule has 0 aliphatic carbocycles. The van der Waals surface area contributed by atoms with Crippen molar-refractivity contribution in [1.82, 2.24) is 5.32 Å². The molecule has 1 rings (SSSR count). The van der Waals surface area contributed by atoms with Gasteiger partial charge in [0.2, 0.25) is 0 Å². The van der Waals surface area contributed by atoms with Crippen molar-refractivity contribution < 1.29 is 12.6 Å². The number of hydrogen-bond donors (Lipinski definition) is 1. The van der Waals surface area contributed by atoms with Crippen LogP contribution in [0.4, 0.5) is 0 Å². The van der Waals surface area contributed by atoms with Gasteiger partial charge in [-0.15, -0.1) is 0 Å². The summed E-state index contributed by atoms with van der Waals surface area (Å²) in [6, 6.07) is 6.99. The number of rotatable bonds is 7. The van der Waals surface area contributed by atoms with Gasteiger partial charge in [0.15, 0.2) is 0 Å². The van der Waals surface area contributed by atoms with Gasteiger partial charge in [0.1, 0.15) is 0 Å². The molecule has 0 spiro atoms. The average molecular weight is 313 g/mol. The van der Waals surface area contributed by atoms with Crippen molar-refractivity contribution in [1.29, 1.82) is 0 Å². The van der Waals surface area contributed by atoms with E-state index < -0.39 is 15.7 Å². The highest BCUT2D eigenvalue weighted by Gasteiger charge is 2.35. The summed E-state index contributed by atoms with van der Waals surface area (Å²) < 4.78 is 30.5. The second kappa shape index (κ2) is 6.90. The summed E-state index contributed by atoms with van der Waals surface area (Å²) in [5, 5.41) is 3.26. The third-order valence-electron chi connectivity index (χ3n) is 3.69. The second-order valence-electron chi connectivity index (χ2n) is 6.35. The Morgan fingerprint density at radius 1 is 1.14 bits per heavy atom. The summed E-state index contributed by atoms with van der Waals surface area (Å²) in [7, 11) is -3.77. The van der Waals surface area contributed by atoms with Crippen LogP contribution in [0.3, 0.4) is 0 Å². The monoisotopic (exact) mass is 313 g/mol. The molecule has 1 aromatic rings. The van der Waals surface area contributed by atoms with E-state index in [1.807, 2.05) is 41.5 Å². The third-order valence-corrected chi connectivity index (χ3v) is 5.14. The molecule has 0 amide bonds. The Balaban J connectivity index is 2.99. The van der Waals surface area contributed by atoms with Crippen LogP contribution < -0.4 is 5.32 Å². The van der Waals surface area contributed by atoms with E-state index in [0.717, 1.165) is 5.56 Å². The largest absolute Gasteiger partial charge is 0.312 e. The van der Waals surface area contributed by atoms with Crippen molar-refractivity contribution in [2.75, 3.05) is 6.54 Å². The predicted octanol–water partition coefficient (Wildman–Crippen LogP) is 3.11. The first-order chi connectivity index (χ1) is 9.57. The summed E-state index contributed by atoms with van der Waals surface area (Å²) in [4.78, 5) is 0.199. The van der Waals surface area contributed by atoms with Gasteiger partial charge >= 0.3 is 0 Å². The Labute approximate surface area is 129 Å². The van der Waals surface area contributed by atoms with Gasteiger partial charge in [0, 0.05) is 12.6 Å². The molecule has 1 atom stereocenters. The molecule has 0 fully saturated rings. The summed E-state index contributed by atoms with van der Waals surface area (Å²) in [6.07, 6.45) is 0. The normalized spacial score (nSPS) is 15.4. The van der Waals surface area contributed by atoms with Crippen molar-refractivity contribution in [3.63, 3.8) is 0 Å². The minimum Gasteiger partial charge on any atom is -0.312 e. The quantitative estimate of drug-likeness (QED) is 0.786. The van der Waals surface area contributed by atoms with Crippen LogP contribution in [0.5, 0.6) is 0 Å². The lowest BCUT2D eigenvalue weighted by Crippen LogP contribution is -2.47. The molecule has 0 saturated heterocycles. The van der Waals surface area contributed by atoms with E-state index in [1.54, 1.807) is 24.3 Å². The van der Waals surface area contributed by atoms with Crippen molar-refractivity contribution in [3.05, 3.63) is 29.8 Å². The van der Waals surface area contributed by atoms with Gasteiger partial charge in [-0.1, -0.05) is 45.4 Å². The fourth-order valence-corrected chi connectivity index (χ4v) is 3.06. The Kier molecular flexibility index (Phi) is 5.96. The lowest BCUT2D eigenvalue weighted by atomic mass is 9.92. The molecule has 0 aromatic heterocycles. The van der Waals surface area contributed by atoms with Crippen LogP contribution in [0.1, 0.15) is 40.2 Å². The van der Waals surface area contributed by atoms with Crippen LogP contribution in [-0.4, -0.2) is 26.6 Å². The molecule has 0 heterocycles. The van der Waals surface area contributed by atoms with Crippen molar-refractivity contribution in [2.24, 2.45) is 5.92 Å². The number of hydrogen-bond acceptors (Lipinski definition) is 4. The fraction of sp³-hybridized carbons (Fsp3) is 0.625. The summed E-state index contributed by atoms with van der Waals surface area (Å²) in [6.45, 7) is 12.2. The number of benzene rings is 1. The Morgan fingerprint density at radius 3 is 2.10 bits per heavy atom. The van der Waals surface area contributed by atoms with E-state index in [0.29, 0.717) is 6.54 Å². The highest BCUT2D eigenvalue weighted by molar-refractivity contribution is 7.86. The van der Waals surface area contributed by atoms with E-state index in [1.165, 1.54) is 0 Å². The predicted molar refractivity (Wildman–Crippen MR) is 85.8 cm³/mol. The molecule has 120 valence electrons. The maximum atomic E-state index is 12.5. The molecule has 0 aliphatic rings. The number of nitrogens with one attached hydrogen (secondary N) is 1. The second-order valence-corrected chi connectivity index (χ2v) is 7.90. The van der Waals surface area contributed by atoms with E-state index in [4.69, 9.17) is 4.18 Å². The summed E-state index contributed by atoms with van der Waals surface area (Å²) in [5.74, 6) is 0.0592. The molecule has 0 bridgehead atoms. The Bertz CT molecular complexity index is 549. The Morgan fingerprint density at radius 2 is 1.67 bits per heavy atom. The van der Waals surface area contributed by atoms with Gasteiger partial charge in [0.25, 0.3) is 10.1 Å². The highest BCUT2D eigenvalue weighted by atomic mass is 32.2. The topological polar surface area (TPSA) is 55.4 Å². The molecule has 1 unspecified atom stereocenters. The maximum Gasteiger partial charge on any atom is 0.297 e. The first kappa shape index (κ1) is 18.1. The molecule has 1 N–H and O–H groups in total. The third kappa shape index (κ3) is 5.09. The lowest BCUT2D eigenvalue weighted by Gasteiger charge is -2.34. The smallest absolute Gasteiger partial charge is 0.297 e. The maximum absolute atomic E-state index is 12.5. The zero-order chi connectivity index (χ0) is 16.3. The van der Waals surface area contributed by atoms with Gasteiger partial charge in [-0.25, -0.2) is 0 Å². The van der Waals surface area contributed by atoms with Crippen LogP contribution in [-0.2, 0) is 14.3 Å². The Hall–Kier alpha value is -0.910. The first-order valence-electron chi connectivity index (χ1n) is 7.32. The molecule has 0 radical (unpaired) electrons. The van der Waals surface area contributed by atoms with E-state index >= 15 is 0 Å². The molecule has 4 nitrogen and oxygen atoms in total. The van der Waals surface area contributed by atoms with E-state index in [-0.39, 0.29) is 16.9 Å². The minimum absolute atomic E-state index is 0.0592.